The molecule has 4 heterocycles. The summed E-state index contributed by atoms with van der Waals surface area (Å²) in [4.78, 5) is 45.8. The molecule has 3 aromatic carbocycles. The Kier molecular flexibility index (Phi) is 8.78. The number of benzene rings is 3. The van der Waals surface area contributed by atoms with Crippen LogP contribution in [0.25, 0.3) is 22.1 Å². The van der Waals surface area contributed by atoms with Gasteiger partial charge >= 0.3 is 6.09 Å². The molecule has 10 nitrogen and oxygen atoms in total. The van der Waals surface area contributed by atoms with Gasteiger partial charge in [0.15, 0.2) is 0 Å². The topological polar surface area (TPSA) is 119 Å². The third-order valence-corrected chi connectivity index (χ3v) is 10.4. The van der Waals surface area contributed by atoms with Gasteiger partial charge in [-0.15, -0.1) is 0 Å². The number of alkyl halides is 1. The van der Waals surface area contributed by atoms with Gasteiger partial charge in [0.2, 0.25) is 5.91 Å². The molecule has 0 bridgehead atoms. The minimum atomic E-state index is -1.20. The fourth-order valence-corrected chi connectivity index (χ4v) is 7.69. The Balaban J connectivity index is 1.21. The van der Waals surface area contributed by atoms with E-state index in [1.54, 1.807) is 6.33 Å². The number of amides is 2. The third kappa shape index (κ3) is 6.29. The first-order valence-corrected chi connectivity index (χ1v) is 17.5. The van der Waals surface area contributed by atoms with E-state index in [-0.39, 0.29) is 42.3 Å². The zero-order valence-corrected chi connectivity index (χ0v) is 29.5. The number of alkyl carbamates (subject to hydrolysis) is 1. The molecule has 50 heavy (non-hydrogen) atoms. The van der Waals surface area contributed by atoms with E-state index in [1.807, 2.05) is 19.9 Å². The Hall–Kier alpha value is -4.93. The third-order valence-electron chi connectivity index (χ3n) is 10.4. The normalized spacial score (nSPS) is 21.8. The average Bonchev–Trinajstić information content (AvgIpc) is 3.90. The van der Waals surface area contributed by atoms with Crippen LogP contribution in [0.1, 0.15) is 94.5 Å². The zero-order valence-electron chi connectivity index (χ0n) is 29.5. The molecule has 262 valence electrons. The van der Waals surface area contributed by atoms with Crippen molar-refractivity contribution in [1.82, 2.24) is 30.2 Å². The first kappa shape index (κ1) is 33.6. The number of fused-ring (bicyclic) bond motifs is 2. The van der Waals surface area contributed by atoms with Crippen molar-refractivity contribution >= 4 is 39.8 Å². The number of carbonyl (C=O) groups is 2. The molecule has 5 atom stereocenters. The van der Waals surface area contributed by atoms with Crippen molar-refractivity contribution in [3.8, 4) is 0 Å². The second-order valence-electron chi connectivity index (χ2n) is 15.1. The maximum Gasteiger partial charge on any atom is 0.407 e. The highest BCUT2D eigenvalue weighted by Crippen LogP contribution is 2.48. The number of H-pyrrole nitrogens is 2. The smallest absolute Gasteiger partial charge is 0.407 e. The number of likely N-dealkylation sites (tertiary alicyclic amines) is 1. The van der Waals surface area contributed by atoms with Gasteiger partial charge in [0.25, 0.3) is 0 Å². The molecule has 2 aromatic heterocycles. The Bertz CT molecular complexity index is 2010. The van der Waals surface area contributed by atoms with Crippen molar-refractivity contribution in [3.05, 3.63) is 89.5 Å². The van der Waals surface area contributed by atoms with Gasteiger partial charge < -0.3 is 29.8 Å². The van der Waals surface area contributed by atoms with E-state index in [4.69, 9.17) is 9.72 Å². The Morgan fingerprint density at radius 2 is 1.60 bits per heavy atom. The molecule has 0 aliphatic carbocycles. The number of ether oxygens (including phenoxy) is 1. The van der Waals surface area contributed by atoms with E-state index in [0.29, 0.717) is 5.82 Å². The monoisotopic (exact) mass is 679 g/mol. The lowest BCUT2D eigenvalue weighted by Gasteiger charge is -2.34. The molecule has 0 spiro atoms. The lowest BCUT2D eigenvalue weighted by atomic mass is 9.87. The highest BCUT2D eigenvalue weighted by atomic mass is 19.1. The van der Waals surface area contributed by atoms with Crippen molar-refractivity contribution in [3.63, 3.8) is 0 Å². The van der Waals surface area contributed by atoms with Gasteiger partial charge in [-0.25, -0.2) is 19.2 Å². The van der Waals surface area contributed by atoms with E-state index >= 15 is 0 Å². The van der Waals surface area contributed by atoms with Crippen LogP contribution in [0.4, 0.5) is 14.9 Å². The van der Waals surface area contributed by atoms with Crippen LogP contribution in [0, 0.1) is 5.92 Å². The SMILES string of the molecule is COC(=O)N[C@H](C(=O)N1C[C@@H](F)C[C@H]1c1nc2cc([C@H]3CC[C@H](c4ccc5[nH]cnc5c4)N3c3ccc(C(C)(C)C)cc3)ccc2[nH]1)C(C)C. The minimum Gasteiger partial charge on any atom is -0.453 e. The van der Waals surface area contributed by atoms with Crippen LogP contribution in [0.2, 0.25) is 0 Å². The minimum absolute atomic E-state index is 0.0469. The Labute approximate surface area is 291 Å². The van der Waals surface area contributed by atoms with Gasteiger partial charge in [-0.2, -0.15) is 0 Å². The number of anilines is 1. The van der Waals surface area contributed by atoms with Gasteiger partial charge in [-0.1, -0.05) is 58.9 Å². The quantitative estimate of drug-likeness (QED) is 0.162. The standard InChI is InChI=1S/C39H46FN7O3/c1-22(2)35(45-38(49)50-6)37(48)46-20-26(40)19-34(46)36-43-29-14-8-24(18-31(29)44-36)33-16-15-32(23-7-13-28-30(17-23)42-21-41-28)47(33)27-11-9-25(10-12-27)39(3,4)5/h7-14,17-18,21-22,26,32-35H,15-16,19-20H2,1-6H3,(H,41,42)(H,43,44)(H,45,49)/t26-,32+,33+,34-,35-/m0/s1. The zero-order chi connectivity index (χ0) is 35.3. The summed E-state index contributed by atoms with van der Waals surface area (Å²) in [5, 5.41) is 2.63. The molecule has 2 aliphatic rings. The molecule has 2 fully saturated rings. The first-order valence-electron chi connectivity index (χ1n) is 17.5. The number of hydrogen-bond donors (Lipinski definition) is 3. The number of hydrogen-bond acceptors (Lipinski definition) is 6. The highest BCUT2D eigenvalue weighted by Gasteiger charge is 2.42. The molecular weight excluding hydrogens is 633 g/mol. The van der Waals surface area contributed by atoms with Crippen LogP contribution >= 0.6 is 0 Å². The van der Waals surface area contributed by atoms with E-state index in [2.05, 4.69) is 101 Å². The Morgan fingerprint density at radius 1 is 0.940 bits per heavy atom. The summed E-state index contributed by atoms with van der Waals surface area (Å²) in [7, 11) is 1.25. The van der Waals surface area contributed by atoms with Crippen LogP contribution in [0.5, 0.6) is 0 Å². The number of imidazole rings is 2. The number of methoxy groups -OCH3 is 1. The molecule has 5 aromatic rings. The summed E-state index contributed by atoms with van der Waals surface area (Å²) in [6.45, 7) is 10.3. The van der Waals surface area contributed by atoms with E-state index < -0.39 is 24.3 Å². The molecule has 2 amide bonds. The summed E-state index contributed by atoms with van der Waals surface area (Å²) >= 11 is 0. The second kappa shape index (κ2) is 13.1. The highest BCUT2D eigenvalue weighted by molar-refractivity contribution is 5.87. The molecule has 0 radical (unpaired) electrons. The molecular formula is C39H46FN7O3. The second-order valence-corrected chi connectivity index (χ2v) is 15.1. The molecule has 7 rings (SSSR count). The summed E-state index contributed by atoms with van der Waals surface area (Å²) in [5.41, 5.74) is 8.42. The van der Waals surface area contributed by atoms with Crippen molar-refractivity contribution in [2.75, 3.05) is 18.6 Å². The van der Waals surface area contributed by atoms with Gasteiger partial charge in [-0.05, 0) is 77.3 Å². The lowest BCUT2D eigenvalue weighted by Crippen LogP contribution is -2.51. The van der Waals surface area contributed by atoms with Crippen LogP contribution < -0.4 is 10.2 Å². The van der Waals surface area contributed by atoms with Gasteiger partial charge in [0.05, 0.1) is 60.2 Å². The van der Waals surface area contributed by atoms with Crippen molar-refractivity contribution in [2.24, 2.45) is 5.92 Å². The number of aromatic amines is 2. The van der Waals surface area contributed by atoms with Crippen LogP contribution in [0.3, 0.4) is 0 Å². The fraction of sp³-hybridized carbons (Fsp3) is 0.436. The summed E-state index contributed by atoms with van der Waals surface area (Å²) in [5.74, 6) is -0.0320. The van der Waals surface area contributed by atoms with E-state index in [9.17, 15) is 14.0 Å². The van der Waals surface area contributed by atoms with Gasteiger partial charge in [0, 0.05) is 12.1 Å². The maximum atomic E-state index is 15.0. The maximum absolute atomic E-state index is 15.0. The number of carbonyl (C=O) groups excluding carboxylic acids is 2. The summed E-state index contributed by atoms with van der Waals surface area (Å²) < 4.78 is 19.7. The average molecular weight is 680 g/mol. The number of nitrogens with one attached hydrogen (secondary N) is 3. The molecule has 2 saturated heterocycles. The molecule has 3 N–H and O–H groups in total. The van der Waals surface area contributed by atoms with Crippen LogP contribution in [0.15, 0.2) is 67.0 Å². The summed E-state index contributed by atoms with van der Waals surface area (Å²) in [6, 6.07) is 20.6. The largest absolute Gasteiger partial charge is 0.453 e. The number of nitrogens with zero attached hydrogens (tertiary/aromatic N) is 4. The molecule has 2 aliphatic heterocycles. The first-order chi connectivity index (χ1) is 23.9. The van der Waals surface area contributed by atoms with Crippen molar-refractivity contribution < 1.29 is 18.7 Å². The Morgan fingerprint density at radius 3 is 2.24 bits per heavy atom. The molecule has 0 saturated carbocycles. The van der Waals surface area contributed by atoms with Crippen molar-refractivity contribution in [1.29, 1.82) is 0 Å². The summed E-state index contributed by atoms with van der Waals surface area (Å²) in [6.07, 6.45) is 1.89. The number of rotatable bonds is 7. The predicted molar refractivity (Wildman–Crippen MR) is 193 cm³/mol. The molecule has 0 unspecified atom stereocenters. The van der Waals surface area contributed by atoms with Crippen molar-refractivity contribution in [2.45, 2.75) is 89.6 Å². The van der Waals surface area contributed by atoms with E-state index in [1.165, 1.54) is 23.1 Å². The van der Waals surface area contributed by atoms with E-state index in [0.717, 1.165) is 46.2 Å². The van der Waals surface area contributed by atoms with Gasteiger partial charge in [-0.3, -0.25) is 4.79 Å². The molecule has 11 heteroatoms. The van der Waals surface area contributed by atoms with Gasteiger partial charge in [0.1, 0.15) is 18.0 Å². The number of halogens is 1. The predicted octanol–water partition coefficient (Wildman–Crippen LogP) is 7.81. The lowest BCUT2D eigenvalue weighted by molar-refractivity contribution is -0.135. The fourth-order valence-electron chi connectivity index (χ4n) is 7.69. The van der Waals surface area contributed by atoms with Crippen LogP contribution in [-0.2, 0) is 14.9 Å². The van der Waals surface area contributed by atoms with Crippen LogP contribution in [-0.4, -0.2) is 62.7 Å². The number of aromatic nitrogens is 4.